The predicted octanol–water partition coefficient (Wildman–Crippen LogP) is 4.67. The molecule has 2 saturated heterocycles. The number of hydrogen-bond acceptors (Lipinski definition) is 5. The first kappa shape index (κ1) is 25.1. The Bertz CT molecular complexity index is 1550. The zero-order valence-corrected chi connectivity index (χ0v) is 21.0. The average molecular weight is 534 g/mol. The number of alkyl halides is 3. The van der Waals surface area contributed by atoms with E-state index >= 15 is 0 Å². The number of nitrogens with zero attached hydrogens (tertiary/aromatic N) is 6. The maximum Gasteiger partial charge on any atom is 0.416 e. The second-order valence-corrected chi connectivity index (χ2v) is 10.3. The van der Waals surface area contributed by atoms with E-state index in [0.717, 1.165) is 47.3 Å². The SMILES string of the molecule is N#CCC1(n2ccc(-c3ncnc4[nH]ccc34)c2)CN(C2CCN(C(=O)c3cccc(C(F)(F)F)c3)CC2)C1. The number of nitriles is 1. The molecule has 1 amide bonds. The van der Waals surface area contributed by atoms with Crippen molar-refractivity contribution in [1.29, 1.82) is 5.26 Å². The Morgan fingerprint density at radius 1 is 1.15 bits per heavy atom. The highest BCUT2D eigenvalue weighted by atomic mass is 19.4. The van der Waals surface area contributed by atoms with E-state index in [4.69, 9.17) is 0 Å². The van der Waals surface area contributed by atoms with Crippen LogP contribution in [0.5, 0.6) is 0 Å². The number of amides is 1. The van der Waals surface area contributed by atoms with Gasteiger partial charge in [-0.15, -0.1) is 0 Å². The minimum absolute atomic E-state index is 0.0595. The molecule has 0 atom stereocenters. The Balaban J connectivity index is 1.11. The number of H-pyrrole nitrogens is 1. The van der Waals surface area contributed by atoms with E-state index in [-0.39, 0.29) is 23.1 Å². The summed E-state index contributed by atoms with van der Waals surface area (Å²) in [5, 5.41) is 10.6. The molecule has 0 spiro atoms. The van der Waals surface area contributed by atoms with Gasteiger partial charge in [-0.05, 0) is 43.2 Å². The molecule has 5 heterocycles. The maximum atomic E-state index is 13.1. The molecular formula is C28H26F3N7O. The summed E-state index contributed by atoms with van der Waals surface area (Å²) in [5.41, 5.74) is 1.46. The topological polar surface area (TPSA) is 93.8 Å². The number of piperidine rings is 1. The monoisotopic (exact) mass is 533 g/mol. The van der Waals surface area contributed by atoms with Crippen LogP contribution in [0, 0.1) is 11.3 Å². The molecule has 6 rings (SSSR count). The summed E-state index contributed by atoms with van der Waals surface area (Å²) < 4.78 is 41.3. The van der Waals surface area contributed by atoms with Gasteiger partial charge in [-0.3, -0.25) is 9.69 Å². The molecule has 2 aliphatic heterocycles. The number of halogens is 3. The van der Waals surface area contributed by atoms with Gasteiger partial charge in [0, 0.05) is 67.3 Å². The lowest BCUT2D eigenvalue weighted by Crippen LogP contribution is -2.66. The summed E-state index contributed by atoms with van der Waals surface area (Å²) in [6.45, 7) is 2.39. The van der Waals surface area contributed by atoms with E-state index < -0.39 is 11.7 Å². The number of rotatable bonds is 5. The van der Waals surface area contributed by atoms with Gasteiger partial charge in [-0.1, -0.05) is 6.07 Å². The van der Waals surface area contributed by atoms with Gasteiger partial charge in [-0.25, -0.2) is 9.97 Å². The van der Waals surface area contributed by atoms with Crippen LogP contribution in [0.15, 0.2) is 61.3 Å². The fourth-order valence-electron chi connectivity index (χ4n) is 5.86. The van der Waals surface area contributed by atoms with Crippen LogP contribution in [0.4, 0.5) is 13.2 Å². The number of fused-ring (bicyclic) bond motifs is 1. The quantitative estimate of drug-likeness (QED) is 0.402. The first-order chi connectivity index (χ1) is 18.8. The van der Waals surface area contributed by atoms with Gasteiger partial charge in [0.25, 0.3) is 5.91 Å². The van der Waals surface area contributed by atoms with E-state index in [1.807, 2.05) is 30.7 Å². The molecule has 2 fully saturated rings. The molecule has 4 aromatic rings. The van der Waals surface area contributed by atoms with Crippen LogP contribution in [0.25, 0.3) is 22.3 Å². The highest BCUT2D eigenvalue weighted by Gasteiger charge is 2.47. The number of aromatic nitrogens is 4. The van der Waals surface area contributed by atoms with Gasteiger partial charge in [-0.2, -0.15) is 18.4 Å². The molecule has 39 heavy (non-hydrogen) atoms. The Morgan fingerprint density at radius 3 is 2.69 bits per heavy atom. The summed E-state index contributed by atoms with van der Waals surface area (Å²) in [6, 6.07) is 11.2. The Kier molecular flexibility index (Phi) is 6.14. The fraction of sp³-hybridized carbons (Fsp3) is 0.357. The smallest absolute Gasteiger partial charge is 0.346 e. The van der Waals surface area contributed by atoms with Crippen molar-refractivity contribution in [3.8, 4) is 17.3 Å². The molecular weight excluding hydrogens is 507 g/mol. The molecule has 0 bridgehead atoms. The molecule has 11 heteroatoms. The van der Waals surface area contributed by atoms with Gasteiger partial charge in [0.1, 0.15) is 12.0 Å². The molecule has 0 radical (unpaired) electrons. The van der Waals surface area contributed by atoms with Crippen LogP contribution in [0.3, 0.4) is 0 Å². The number of carbonyl (C=O) groups excluding carboxylic acids is 1. The number of benzene rings is 1. The van der Waals surface area contributed by atoms with Gasteiger partial charge in [0.05, 0.1) is 29.3 Å². The molecule has 1 aromatic carbocycles. The van der Waals surface area contributed by atoms with E-state index in [2.05, 4.69) is 30.5 Å². The molecule has 0 unspecified atom stereocenters. The summed E-state index contributed by atoms with van der Waals surface area (Å²) in [4.78, 5) is 28.7. The summed E-state index contributed by atoms with van der Waals surface area (Å²) in [7, 11) is 0. The van der Waals surface area contributed by atoms with Crippen molar-refractivity contribution in [1.82, 2.24) is 29.3 Å². The largest absolute Gasteiger partial charge is 0.416 e. The summed E-state index contributed by atoms with van der Waals surface area (Å²) in [5.74, 6) is -0.372. The molecule has 2 aliphatic rings. The van der Waals surface area contributed by atoms with Crippen LogP contribution in [0.1, 0.15) is 35.2 Å². The van der Waals surface area contributed by atoms with Crippen LogP contribution in [0.2, 0.25) is 0 Å². The van der Waals surface area contributed by atoms with Crippen molar-refractivity contribution in [3.63, 3.8) is 0 Å². The lowest BCUT2D eigenvalue weighted by molar-refractivity contribution is -0.137. The number of nitrogens with one attached hydrogen (secondary N) is 1. The average Bonchev–Trinajstić information content (AvgIpc) is 3.60. The standard InChI is InChI=1S/C28H26F3N7O/c29-28(30,31)21-3-1-2-19(14-21)26(39)36-11-6-22(7-12-36)37-16-27(17-37,8-9-32)38-13-5-20(15-38)24-23-4-10-33-25(23)35-18-34-24/h1-5,10,13-15,18,22H,6-8,11-12,16-17H2,(H,33,34,35). The predicted molar refractivity (Wildman–Crippen MR) is 137 cm³/mol. The number of hydrogen-bond donors (Lipinski definition) is 1. The Hall–Kier alpha value is -4.17. The van der Waals surface area contributed by atoms with Crippen molar-refractivity contribution in [2.75, 3.05) is 26.2 Å². The van der Waals surface area contributed by atoms with Crippen LogP contribution < -0.4 is 0 Å². The maximum absolute atomic E-state index is 13.1. The number of likely N-dealkylation sites (tertiary alicyclic amines) is 2. The minimum Gasteiger partial charge on any atom is -0.346 e. The van der Waals surface area contributed by atoms with Crippen molar-refractivity contribution >= 4 is 16.9 Å². The molecule has 200 valence electrons. The van der Waals surface area contributed by atoms with Crippen LogP contribution in [-0.2, 0) is 11.7 Å². The van der Waals surface area contributed by atoms with E-state index in [0.29, 0.717) is 32.6 Å². The molecule has 1 N–H and O–H groups in total. The molecule has 0 aliphatic carbocycles. The summed E-state index contributed by atoms with van der Waals surface area (Å²) >= 11 is 0. The highest BCUT2D eigenvalue weighted by molar-refractivity contribution is 5.94. The second kappa shape index (κ2) is 9.54. The van der Waals surface area contributed by atoms with Crippen molar-refractivity contribution < 1.29 is 18.0 Å². The van der Waals surface area contributed by atoms with E-state index in [1.165, 1.54) is 18.5 Å². The van der Waals surface area contributed by atoms with E-state index in [9.17, 15) is 23.2 Å². The van der Waals surface area contributed by atoms with Crippen molar-refractivity contribution in [3.05, 3.63) is 72.4 Å². The second-order valence-electron chi connectivity index (χ2n) is 10.3. The fourth-order valence-corrected chi connectivity index (χ4v) is 5.86. The van der Waals surface area contributed by atoms with Crippen molar-refractivity contribution in [2.45, 2.75) is 37.0 Å². The number of aromatic amines is 1. The minimum atomic E-state index is -4.49. The Morgan fingerprint density at radius 2 is 1.95 bits per heavy atom. The highest BCUT2D eigenvalue weighted by Crippen LogP contribution is 2.38. The van der Waals surface area contributed by atoms with Crippen molar-refractivity contribution in [2.24, 2.45) is 0 Å². The third kappa shape index (κ3) is 4.55. The zero-order valence-electron chi connectivity index (χ0n) is 21.0. The first-order valence-electron chi connectivity index (χ1n) is 12.8. The first-order valence-corrected chi connectivity index (χ1v) is 12.8. The Labute approximate surface area is 222 Å². The van der Waals surface area contributed by atoms with Gasteiger partial charge in [0.15, 0.2) is 0 Å². The van der Waals surface area contributed by atoms with Gasteiger partial charge in [0.2, 0.25) is 0 Å². The van der Waals surface area contributed by atoms with Gasteiger partial charge < -0.3 is 14.5 Å². The van der Waals surface area contributed by atoms with Gasteiger partial charge >= 0.3 is 6.18 Å². The van der Waals surface area contributed by atoms with Crippen LogP contribution >= 0.6 is 0 Å². The normalized spacial score (nSPS) is 18.2. The number of carbonyl (C=O) groups is 1. The van der Waals surface area contributed by atoms with E-state index in [1.54, 1.807) is 4.90 Å². The third-order valence-electron chi connectivity index (χ3n) is 7.98. The molecule has 0 saturated carbocycles. The lowest BCUT2D eigenvalue weighted by Gasteiger charge is -2.54. The summed E-state index contributed by atoms with van der Waals surface area (Å²) in [6.07, 6.45) is 4.76. The third-order valence-corrected chi connectivity index (χ3v) is 7.98. The molecule has 3 aromatic heterocycles. The van der Waals surface area contributed by atoms with Crippen LogP contribution in [-0.4, -0.2) is 67.4 Å². The zero-order chi connectivity index (χ0) is 27.2. The lowest BCUT2D eigenvalue weighted by atomic mass is 9.83. The molecule has 8 nitrogen and oxygen atoms in total.